The van der Waals surface area contributed by atoms with E-state index in [-0.39, 0.29) is 18.0 Å². The van der Waals surface area contributed by atoms with Gasteiger partial charge in [0.1, 0.15) is 0 Å². The van der Waals surface area contributed by atoms with Crippen molar-refractivity contribution in [3.8, 4) is 0 Å². The van der Waals surface area contributed by atoms with Gasteiger partial charge in [-0.2, -0.15) is 0 Å². The van der Waals surface area contributed by atoms with Crippen molar-refractivity contribution in [2.24, 2.45) is 5.92 Å². The monoisotopic (exact) mass is 357 g/mol. The fraction of sp³-hybridized carbons (Fsp3) is 0.280. The van der Waals surface area contributed by atoms with E-state index in [0.717, 1.165) is 5.56 Å². The summed E-state index contributed by atoms with van der Waals surface area (Å²) < 4.78 is 0. The number of nitrogens with zero attached hydrogens (tertiary/aromatic N) is 1. The molecular formula is C25H27NO. The molecule has 0 saturated carbocycles. The Kier molecular flexibility index (Phi) is 4.86. The lowest BCUT2D eigenvalue weighted by atomic mass is 9.68. The van der Waals surface area contributed by atoms with Crippen LogP contribution in [0.2, 0.25) is 0 Å². The zero-order chi connectivity index (χ0) is 18.9. The van der Waals surface area contributed by atoms with Gasteiger partial charge in [0.25, 0.3) is 0 Å². The van der Waals surface area contributed by atoms with E-state index in [9.17, 15) is 5.11 Å². The third-order valence-electron chi connectivity index (χ3n) is 6.26. The second-order valence-electron chi connectivity index (χ2n) is 7.73. The van der Waals surface area contributed by atoms with Gasteiger partial charge in [0.2, 0.25) is 0 Å². The molecule has 1 aliphatic heterocycles. The van der Waals surface area contributed by atoms with Crippen molar-refractivity contribution in [3.05, 3.63) is 108 Å². The van der Waals surface area contributed by atoms with Crippen LogP contribution in [0, 0.1) is 5.92 Å². The highest BCUT2D eigenvalue weighted by Crippen LogP contribution is 2.52. The van der Waals surface area contributed by atoms with Gasteiger partial charge in [0.15, 0.2) is 0 Å². The minimum Gasteiger partial charge on any atom is -0.385 e. The molecule has 2 nitrogen and oxygen atoms in total. The molecule has 0 spiro atoms. The van der Waals surface area contributed by atoms with Crippen molar-refractivity contribution in [1.82, 2.24) is 4.90 Å². The van der Waals surface area contributed by atoms with E-state index in [1.165, 1.54) is 11.1 Å². The van der Waals surface area contributed by atoms with Crippen LogP contribution in [-0.4, -0.2) is 17.1 Å². The van der Waals surface area contributed by atoms with Crippen molar-refractivity contribution in [1.29, 1.82) is 0 Å². The molecule has 0 aromatic heterocycles. The summed E-state index contributed by atoms with van der Waals surface area (Å²) in [6.45, 7) is 2.18. The minimum atomic E-state index is -0.880. The van der Waals surface area contributed by atoms with Gasteiger partial charge in [-0.25, -0.2) is 0 Å². The van der Waals surface area contributed by atoms with Crippen molar-refractivity contribution < 1.29 is 5.11 Å². The van der Waals surface area contributed by atoms with E-state index in [1.807, 2.05) is 24.3 Å². The van der Waals surface area contributed by atoms with Crippen molar-refractivity contribution in [2.75, 3.05) is 7.05 Å². The molecule has 0 bridgehead atoms. The molecule has 0 aliphatic carbocycles. The molecule has 1 fully saturated rings. The smallest absolute Gasteiger partial charge is 0.0958 e. The van der Waals surface area contributed by atoms with E-state index in [4.69, 9.17) is 0 Å². The van der Waals surface area contributed by atoms with Gasteiger partial charge in [0.05, 0.1) is 5.60 Å². The van der Waals surface area contributed by atoms with E-state index in [1.54, 1.807) is 0 Å². The highest BCUT2D eigenvalue weighted by Gasteiger charge is 2.49. The fourth-order valence-corrected chi connectivity index (χ4v) is 4.74. The molecule has 1 saturated heterocycles. The molecule has 1 N–H and O–H groups in total. The summed E-state index contributed by atoms with van der Waals surface area (Å²) in [5, 5.41) is 12.0. The Morgan fingerprint density at radius 2 is 1.26 bits per heavy atom. The average Bonchev–Trinajstić information content (AvgIpc) is 2.73. The maximum Gasteiger partial charge on any atom is 0.0958 e. The Labute approximate surface area is 162 Å². The Bertz CT molecular complexity index is 865. The van der Waals surface area contributed by atoms with Crippen LogP contribution in [0.15, 0.2) is 91.0 Å². The second kappa shape index (κ2) is 7.30. The molecule has 3 aromatic rings. The van der Waals surface area contributed by atoms with Gasteiger partial charge < -0.3 is 5.11 Å². The van der Waals surface area contributed by atoms with Gasteiger partial charge in [-0.15, -0.1) is 0 Å². The number of aliphatic hydroxyl groups is 1. The Balaban J connectivity index is 1.84. The number of likely N-dealkylation sites (tertiary alicyclic amines) is 1. The zero-order valence-corrected chi connectivity index (χ0v) is 16.0. The summed E-state index contributed by atoms with van der Waals surface area (Å²) >= 11 is 0. The Hall–Kier alpha value is -2.42. The lowest BCUT2D eigenvalue weighted by Gasteiger charge is -2.52. The van der Waals surface area contributed by atoms with Crippen molar-refractivity contribution in [3.63, 3.8) is 0 Å². The molecule has 138 valence electrons. The summed E-state index contributed by atoms with van der Waals surface area (Å²) in [6.07, 6.45) is 0.683. The first-order valence-corrected chi connectivity index (χ1v) is 9.71. The molecule has 0 amide bonds. The minimum absolute atomic E-state index is 0.0623. The van der Waals surface area contributed by atoms with E-state index < -0.39 is 5.60 Å². The van der Waals surface area contributed by atoms with Crippen LogP contribution in [0.4, 0.5) is 0 Å². The third kappa shape index (κ3) is 3.20. The van der Waals surface area contributed by atoms with E-state index >= 15 is 0 Å². The molecule has 2 heteroatoms. The van der Waals surface area contributed by atoms with Gasteiger partial charge in [0, 0.05) is 24.4 Å². The summed E-state index contributed by atoms with van der Waals surface area (Å²) in [7, 11) is 2.19. The Morgan fingerprint density at radius 1 is 0.778 bits per heavy atom. The third-order valence-corrected chi connectivity index (χ3v) is 6.26. The summed E-state index contributed by atoms with van der Waals surface area (Å²) in [5.74, 6) is 0.0623. The van der Waals surface area contributed by atoms with Gasteiger partial charge in [-0.3, -0.25) is 4.90 Å². The lowest BCUT2D eigenvalue weighted by Crippen LogP contribution is -2.50. The molecule has 0 radical (unpaired) electrons. The van der Waals surface area contributed by atoms with Gasteiger partial charge in [-0.05, 0) is 23.7 Å². The molecule has 3 aromatic carbocycles. The number of hydrogen-bond donors (Lipinski definition) is 1. The van der Waals surface area contributed by atoms with Gasteiger partial charge >= 0.3 is 0 Å². The SMILES string of the molecule is C[C@@H]1[C@@H](c2ccccc2)N(C)[C@H](c2ccccc2)C[C@]1(O)c1ccccc1. The predicted octanol–water partition coefficient (Wildman–Crippen LogP) is 5.33. The van der Waals surface area contributed by atoms with Crippen LogP contribution in [0.25, 0.3) is 0 Å². The maximum absolute atomic E-state index is 12.0. The number of piperidine rings is 1. The van der Waals surface area contributed by atoms with Gasteiger partial charge in [-0.1, -0.05) is 97.9 Å². The van der Waals surface area contributed by atoms with Crippen LogP contribution in [0.5, 0.6) is 0 Å². The van der Waals surface area contributed by atoms with Crippen LogP contribution >= 0.6 is 0 Å². The number of benzene rings is 3. The topological polar surface area (TPSA) is 23.5 Å². The second-order valence-corrected chi connectivity index (χ2v) is 7.73. The molecule has 1 heterocycles. The van der Waals surface area contributed by atoms with Crippen molar-refractivity contribution in [2.45, 2.75) is 31.0 Å². The first-order valence-electron chi connectivity index (χ1n) is 9.71. The van der Waals surface area contributed by atoms with E-state index in [0.29, 0.717) is 6.42 Å². The van der Waals surface area contributed by atoms with Crippen LogP contribution < -0.4 is 0 Å². The predicted molar refractivity (Wildman–Crippen MR) is 110 cm³/mol. The van der Waals surface area contributed by atoms with Crippen LogP contribution in [0.3, 0.4) is 0 Å². The molecule has 27 heavy (non-hydrogen) atoms. The summed E-state index contributed by atoms with van der Waals surface area (Å²) in [6, 6.07) is 31.6. The highest BCUT2D eigenvalue weighted by molar-refractivity contribution is 5.32. The quantitative estimate of drug-likeness (QED) is 0.685. The average molecular weight is 357 g/mol. The fourth-order valence-electron chi connectivity index (χ4n) is 4.74. The van der Waals surface area contributed by atoms with Crippen LogP contribution in [-0.2, 0) is 5.60 Å². The number of hydrogen-bond acceptors (Lipinski definition) is 2. The Morgan fingerprint density at radius 3 is 1.81 bits per heavy atom. The largest absolute Gasteiger partial charge is 0.385 e. The first-order chi connectivity index (χ1) is 13.1. The van der Waals surface area contributed by atoms with Crippen LogP contribution in [0.1, 0.15) is 42.1 Å². The first kappa shape index (κ1) is 18.0. The zero-order valence-electron chi connectivity index (χ0n) is 16.0. The number of rotatable bonds is 3. The molecular weight excluding hydrogens is 330 g/mol. The molecule has 1 aliphatic rings. The normalized spacial score (nSPS) is 28.8. The molecule has 4 rings (SSSR count). The summed E-state index contributed by atoms with van der Waals surface area (Å²) in [4.78, 5) is 2.44. The standard InChI is InChI=1S/C25H27NO/c1-19-24(21-14-8-4-9-15-21)26(2)23(20-12-6-3-7-13-20)18-25(19,27)22-16-10-5-11-17-22/h3-17,19,23-24,27H,18H2,1-2H3/t19-,23+,24+,25-/m1/s1. The molecule has 0 unspecified atom stereocenters. The highest BCUT2D eigenvalue weighted by atomic mass is 16.3. The summed E-state index contributed by atoms with van der Waals surface area (Å²) in [5.41, 5.74) is 2.63. The molecule has 4 atom stereocenters. The maximum atomic E-state index is 12.0. The van der Waals surface area contributed by atoms with Crippen molar-refractivity contribution >= 4 is 0 Å². The lowest BCUT2D eigenvalue weighted by molar-refractivity contribution is -0.120. The van der Waals surface area contributed by atoms with E-state index in [2.05, 4.69) is 85.6 Å².